The molecule has 0 saturated heterocycles. The van der Waals surface area contributed by atoms with Crippen LogP contribution in [0.1, 0.15) is 36.6 Å². The van der Waals surface area contributed by atoms with Crippen molar-refractivity contribution in [2.45, 2.75) is 39.3 Å². The van der Waals surface area contributed by atoms with Crippen molar-refractivity contribution in [1.82, 2.24) is 15.6 Å². The number of rotatable bonds is 5. The highest BCUT2D eigenvalue weighted by Crippen LogP contribution is 2.20. The van der Waals surface area contributed by atoms with Crippen LogP contribution in [0.3, 0.4) is 0 Å². The standard InChI is InChI=1S/C11H19N3OS/c1-7(2)11-14-6-9(16-11)5-13-8(3)10(15)12-4/h6-8,13H,5H2,1-4H3,(H,12,15)/t8-/m1/s1. The van der Waals surface area contributed by atoms with Gasteiger partial charge in [-0.15, -0.1) is 11.3 Å². The normalized spacial score (nSPS) is 12.8. The molecule has 1 aromatic rings. The van der Waals surface area contributed by atoms with E-state index in [0.29, 0.717) is 12.5 Å². The summed E-state index contributed by atoms with van der Waals surface area (Å²) in [5.74, 6) is 0.476. The third kappa shape index (κ3) is 3.57. The number of thiazole rings is 1. The van der Waals surface area contributed by atoms with E-state index < -0.39 is 0 Å². The summed E-state index contributed by atoms with van der Waals surface area (Å²) in [6.07, 6.45) is 1.88. The molecule has 0 spiro atoms. The quantitative estimate of drug-likeness (QED) is 0.821. The zero-order valence-corrected chi connectivity index (χ0v) is 11.0. The van der Waals surface area contributed by atoms with E-state index in [2.05, 4.69) is 29.5 Å². The number of likely N-dealkylation sites (N-methyl/N-ethyl adjacent to an activating group) is 1. The van der Waals surface area contributed by atoms with E-state index in [0.717, 1.165) is 5.01 Å². The molecule has 0 saturated carbocycles. The fourth-order valence-corrected chi connectivity index (χ4v) is 2.10. The summed E-state index contributed by atoms with van der Waals surface area (Å²) in [5, 5.41) is 6.91. The predicted molar refractivity (Wildman–Crippen MR) is 66.6 cm³/mol. The van der Waals surface area contributed by atoms with Gasteiger partial charge in [-0.25, -0.2) is 4.98 Å². The minimum atomic E-state index is -0.172. The largest absolute Gasteiger partial charge is 0.358 e. The van der Waals surface area contributed by atoms with Gasteiger partial charge in [-0.3, -0.25) is 4.79 Å². The summed E-state index contributed by atoms with van der Waals surface area (Å²) in [6, 6.07) is -0.172. The van der Waals surface area contributed by atoms with Gasteiger partial charge in [-0.05, 0) is 6.92 Å². The lowest BCUT2D eigenvalue weighted by Gasteiger charge is -2.10. The van der Waals surface area contributed by atoms with Crippen LogP contribution in [0, 0.1) is 0 Å². The lowest BCUT2D eigenvalue weighted by atomic mass is 10.2. The molecule has 90 valence electrons. The summed E-state index contributed by atoms with van der Waals surface area (Å²) < 4.78 is 0. The first-order chi connectivity index (χ1) is 7.54. The van der Waals surface area contributed by atoms with Gasteiger partial charge in [-0.2, -0.15) is 0 Å². The van der Waals surface area contributed by atoms with E-state index in [1.807, 2.05) is 13.1 Å². The fraction of sp³-hybridized carbons (Fsp3) is 0.636. The van der Waals surface area contributed by atoms with Crippen LogP contribution < -0.4 is 10.6 Å². The molecule has 0 aliphatic carbocycles. The van der Waals surface area contributed by atoms with Gasteiger partial charge < -0.3 is 10.6 Å². The van der Waals surface area contributed by atoms with E-state index in [4.69, 9.17) is 0 Å². The number of amides is 1. The first kappa shape index (κ1) is 13.1. The number of carbonyl (C=O) groups is 1. The molecule has 1 heterocycles. The van der Waals surface area contributed by atoms with Crippen molar-refractivity contribution in [2.75, 3.05) is 7.05 Å². The van der Waals surface area contributed by atoms with Crippen LogP contribution in [0.5, 0.6) is 0 Å². The molecule has 0 aliphatic heterocycles. The molecule has 0 aromatic carbocycles. The van der Waals surface area contributed by atoms with E-state index in [9.17, 15) is 4.79 Å². The molecule has 0 radical (unpaired) electrons. The number of nitrogens with zero attached hydrogens (tertiary/aromatic N) is 1. The maximum absolute atomic E-state index is 11.3. The number of carbonyl (C=O) groups excluding carboxylic acids is 1. The Morgan fingerprint density at radius 3 is 2.69 bits per heavy atom. The zero-order valence-electron chi connectivity index (χ0n) is 10.2. The Hall–Kier alpha value is -0.940. The molecule has 1 rings (SSSR count). The Bertz CT molecular complexity index is 349. The summed E-state index contributed by atoms with van der Waals surface area (Å²) in [4.78, 5) is 16.8. The van der Waals surface area contributed by atoms with Gasteiger partial charge in [0.25, 0.3) is 0 Å². The van der Waals surface area contributed by atoms with Gasteiger partial charge in [-0.1, -0.05) is 13.8 Å². The number of hydrogen-bond acceptors (Lipinski definition) is 4. The summed E-state index contributed by atoms with van der Waals surface area (Å²) in [7, 11) is 1.64. The number of aromatic nitrogens is 1. The van der Waals surface area contributed by atoms with Crippen LogP contribution in [0.15, 0.2) is 6.20 Å². The predicted octanol–water partition coefficient (Wildman–Crippen LogP) is 1.49. The molecule has 5 heteroatoms. The number of nitrogens with one attached hydrogen (secondary N) is 2. The van der Waals surface area contributed by atoms with Gasteiger partial charge in [0, 0.05) is 30.6 Å². The highest BCUT2D eigenvalue weighted by Gasteiger charge is 2.11. The zero-order chi connectivity index (χ0) is 12.1. The van der Waals surface area contributed by atoms with E-state index in [1.54, 1.807) is 18.4 Å². The Kier molecular flexibility index (Phi) is 4.89. The van der Waals surface area contributed by atoms with Crippen molar-refractivity contribution in [2.24, 2.45) is 0 Å². The summed E-state index contributed by atoms with van der Waals surface area (Å²) in [5.41, 5.74) is 0. The molecule has 0 unspecified atom stereocenters. The van der Waals surface area contributed by atoms with Crippen molar-refractivity contribution >= 4 is 17.2 Å². The minimum absolute atomic E-state index is 0.00796. The Morgan fingerprint density at radius 2 is 2.19 bits per heavy atom. The van der Waals surface area contributed by atoms with Gasteiger partial charge in [0.15, 0.2) is 0 Å². The van der Waals surface area contributed by atoms with Crippen molar-refractivity contribution < 1.29 is 4.79 Å². The number of hydrogen-bond donors (Lipinski definition) is 2. The highest BCUT2D eigenvalue weighted by molar-refractivity contribution is 7.11. The van der Waals surface area contributed by atoms with E-state index in [1.165, 1.54) is 4.88 Å². The van der Waals surface area contributed by atoms with Crippen molar-refractivity contribution in [3.05, 3.63) is 16.1 Å². The van der Waals surface area contributed by atoms with Crippen LogP contribution >= 0.6 is 11.3 Å². The summed E-state index contributed by atoms with van der Waals surface area (Å²) in [6.45, 7) is 6.80. The molecule has 0 aliphatic rings. The molecule has 1 aromatic heterocycles. The maximum Gasteiger partial charge on any atom is 0.236 e. The first-order valence-electron chi connectivity index (χ1n) is 5.44. The van der Waals surface area contributed by atoms with Gasteiger partial charge in [0.05, 0.1) is 11.0 Å². The average molecular weight is 241 g/mol. The minimum Gasteiger partial charge on any atom is -0.358 e. The van der Waals surface area contributed by atoms with Crippen LogP contribution in [-0.4, -0.2) is 24.0 Å². The smallest absolute Gasteiger partial charge is 0.236 e. The topological polar surface area (TPSA) is 54.0 Å². The van der Waals surface area contributed by atoms with Crippen molar-refractivity contribution in [1.29, 1.82) is 0 Å². The van der Waals surface area contributed by atoms with Gasteiger partial charge in [0.1, 0.15) is 0 Å². The summed E-state index contributed by atoms with van der Waals surface area (Å²) >= 11 is 1.70. The molecule has 1 atom stereocenters. The van der Waals surface area contributed by atoms with E-state index >= 15 is 0 Å². The van der Waals surface area contributed by atoms with E-state index in [-0.39, 0.29) is 11.9 Å². The third-order valence-electron chi connectivity index (χ3n) is 2.29. The molecule has 0 bridgehead atoms. The first-order valence-corrected chi connectivity index (χ1v) is 6.25. The Balaban J connectivity index is 2.45. The molecular weight excluding hydrogens is 222 g/mol. The molecule has 2 N–H and O–H groups in total. The lowest BCUT2D eigenvalue weighted by Crippen LogP contribution is -2.40. The Morgan fingerprint density at radius 1 is 1.50 bits per heavy atom. The molecule has 16 heavy (non-hydrogen) atoms. The molecule has 4 nitrogen and oxygen atoms in total. The fourth-order valence-electron chi connectivity index (χ4n) is 1.23. The third-order valence-corrected chi connectivity index (χ3v) is 3.59. The van der Waals surface area contributed by atoms with Crippen LogP contribution in [0.2, 0.25) is 0 Å². The van der Waals surface area contributed by atoms with Crippen molar-refractivity contribution in [3.63, 3.8) is 0 Å². The van der Waals surface area contributed by atoms with Crippen LogP contribution in [-0.2, 0) is 11.3 Å². The van der Waals surface area contributed by atoms with Crippen LogP contribution in [0.4, 0.5) is 0 Å². The molecular formula is C11H19N3OS. The van der Waals surface area contributed by atoms with Gasteiger partial charge >= 0.3 is 0 Å². The Labute approximate surface area is 100 Å². The lowest BCUT2D eigenvalue weighted by molar-refractivity contribution is -0.122. The average Bonchev–Trinajstić information content (AvgIpc) is 2.73. The monoisotopic (exact) mass is 241 g/mol. The SMILES string of the molecule is CNC(=O)[C@@H](C)NCc1cnc(C(C)C)s1. The van der Waals surface area contributed by atoms with Crippen molar-refractivity contribution in [3.8, 4) is 0 Å². The molecule has 0 fully saturated rings. The highest BCUT2D eigenvalue weighted by atomic mass is 32.1. The second kappa shape index (κ2) is 5.96. The van der Waals surface area contributed by atoms with Crippen LogP contribution in [0.25, 0.3) is 0 Å². The molecule has 1 amide bonds. The second-order valence-corrected chi connectivity index (χ2v) is 5.18. The van der Waals surface area contributed by atoms with Gasteiger partial charge in [0.2, 0.25) is 5.91 Å². The maximum atomic E-state index is 11.3. The second-order valence-electron chi connectivity index (χ2n) is 4.04.